The summed E-state index contributed by atoms with van der Waals surface area (Å²) in [5.74, 6) is 0.797. The number of rotatable bonds is 7. The molecule has 0 saturated heterocycles. The number of carbonyl (C=O) groups excluding carboxylic acids is 1. The molecule has 1 aliphatic rings. The van der Waals surface area contributed by atoms with E-state index in [0.717, 1.165) is 25.8 Å². The van der Waals surface area contributed by atoms with E-state index in [-0.39, 0.29) is 11.9 Å². The summed E-state index contributed by atoms with van der Waals surface area (Å²) in [4.78, 5) is 11.7. The van der Waals surface area contributed by atoms with Gasteiger partial charge in [0.05, 0.1) is 0 Å². The summed E-state index contributed by atoms with van der Waals surface area (Å²) >= 11 is 3.62. The zero-order valence-electron chi connectivity index (χ0n) is 12.9. The molecule has 1 amide bonds. The molecule has 0 aromatic heterocycles. The molecule has 0 bridgehead atoms. The van der Waals surface area contributed by atoms with Gasteiger partial charge < -0.3 is 10.6 Å². The van der Waals surface area contributed by atoms with Gasteiger partial charge in [0.2, 0.25) is 5.91 Å². The Balaban J connectivity index is 1.63. The maximum atomic E-state index is 11.7. The van der Waals surface area contributed by atoms with Crippen LogP contribution in [0.25, 0.3) is 0 Å². The Hall–Kier alpha value is -0.870. The summed E-state index contributed by atoms with van der Waals surface area (Å²) in [5.41, 5.74) is 1.41. The number of benzene rings is 1. The molecule has 21 heavy (non-hydrogen) atoms. The number of nitrogens with one attached hydrogen (secondary N) is 2. The van der Waals surface area contributed by atoms with E-state index < -0.39 is 0 Å². The lowest BCUT2D eigenvalue weighted by Crippen LogP contribution is -2.42. The van der Waals surface area contributed by atoms with Gasteiger partial charge in [0.15, 0.2) is 0 Å². The highest BCUT2D eigenvalue weighted by atomic mass is 79.9. The zero-order valence-corrected chi connectivity index (χ0v) is 14.4. The molecule has 4 heteroatoms. The molecule has 1 aromatic rings. The van der Waals surface area contributed by atoms with Crippen LogP contribution in [0.15, 0.2) is 28.7 Å². The first kappa shape index (κ1) is 16.5. The third kappa shape index (κ3) is 4.82. The Kier molecular flexibility index (Phi) is 6.24. The molecular weight excluding hydrogens is 328 g/mol. The molecule has 0 radical (unpaired) electrons. The van der Waals surface area contributed by atoms with Gasteiger partial charge in [0, 0.05) is 29.5 Å². The number of amides is 1. The minimum atomic E-state index is 0.151. The van der Waals surface area contributed by atoms with Crippen LogP contribution >= 0.6 is 15.9 Å². The van der Waals surface area contributed by atoms with E-state index in [1.165, 1.54) is 10.0 Å². The number of hydrogen-bond donors (Lipinski definition) is 2. The summed E-state index contributed by atoms with van der Waals surface area (Å²) in [6, 6.07) is 9.29. The van der Waals surface area contributed by atoms with Crippen LogP contribution in [0.5, 0.6) is 0 Å². The molecule has 0 aliphatic heterocycles. The molecule has 1 saturated carbocycles. The van der Waals surface area contributed by atoms with E-state index in [0.29, 0.717) is 18.4 Å². The summed E-state index contributed by atoms with van der Waals surface area (Å²) in [6.45, 7) is 4.90. The normalized spacial score (nSPS) is 22.4. The van der Waals surface area contributed by atoms with E-state index in [2.05, 4.69) is 57.8 Å². The number of halogens is 1. The van der Waals surface area contributed by atoms with Crippen LogP contribution in [0.1, 0.15) is 51.0 Å². The summed E-state index contributed by atoms with van der Waals surface area (Å²) in [6.07, 6.45) is 3.88. The Morgan fingerprint density at radius 3 is 2.76 bits per heavy atom. The van der Waals surface area contributed by atoms with Gasteiger partial charge in [-0.1, -0.05) is 41.1 Å². The maximum Gasteiger partial charge on any atom is 0.221 e. The summed E-state index contributed by atoms with van der Waals surface area (Å²) < 4.78 is 1.21. The molecular formula is C17H25BrN2O. The Labute approximate surface area is 136 Å². The first-order chi connectivity index (χ1) is 10.1. The lowest BCUT2D eigenvalue weighted by Gasteiger charge is -2.37. The monoisotopic (exact) mass is 352 g/mol. The van der Waals surface area contributed by atoms with Crippen molar-refractivity contribution in [2.75, 3.05) is 6.54 Å². The second-order valence-corrected chi connectivity index (χ2v) is 6.82. The molecule has 116 valence electrons. The molecule has 1 aliphatic carbocycles. The lowest BCUT2D eigenvalue weighted by molar-refractivity contribution is -0.121. The highest BCUT2D eigenvalue weighted by molar-refractivity contribution is 9.10. The molecule has 1 unspecified atom stereocenters. The van der Waals surface area contributed by atoms with Crippen LogP contribution in [-0.2, 0) is 4.79 Å². The predicted molar refractivity (Wildman–Crippen MR) is 90.4 cm³/mol. The van der Waals surface area contributed by atoms with Crippen molar-refractivity contribution >= 4 is 21.8 Å². The van der Waals surface area contributed by atoms with E-state index in [1.807, 2.05) is 6.92 Å². The zero-order chi connectivity index (χ0) is 15.2. The topological polar surface area (TPSA) is 41.1 Å². The van der Waals surface area contributed by atoms with Gasteiger partial charge in [-0.3, -0.25) is 4.79 Å². The molecule has 2 N–H and O–H groups in total. The SMILES string of the molecule is CCC(C)NC(=O)CCNC1CC(c2ccccc2Br)C1. The second-order valence-electron chi connectivity index (χ2n) is 5.97. The van der Waals surface area contributed by atoms with Crippen molar-refractivity contribution < 1.29 is 4.79 Å². The second kappa shape index (κ2) is 7.95. The molecule has 2 rings (SSSR count). The van der Waals surface area contributed by atoms with Crippen LogP contribution in [0.3, 0.4) is 0 Å². The van der Waals surface area contributed by atoms with Crippen LogP contribution in [0.2, 0.25) is 0 Å². The van der Waals surface area contributed by atoms with Crippen molar-refractivity contribution in [3.63, 3.8) is 0 Å². The molecule has 1 aromatic carbocycles. The smallest absolute Gasteiger partial charge is 0.221 e. The molecule has 3 nitrogen and oxygen atoms in total. The molecule has 1 atom stereocenters. The van der Waals surface area contributed by atoms with E-state index in [9.17, 15) is 4.79 Å². The highest BCUT2D eigenvalue weighted by Crippen LogP contribution is 2.39. The van der Waals surface area contributed by atoms with Crippen molar-refractivity contribution in [3.8, 4) is 0 Å². The fraction of sp³-hybridized carbons (Fsp3) is 0.588. The van der Waals surface area contributed by atoms with Gasteiger partial charge >= 0.3 is 0 Å². The minimum Gasteiger partial charge on any atom is -0.354 e. The van der Waals surface area contributed by atoms with Gasteiger partial charge in [-0.15, -0.1) is 0 Å². The quantitative estimate of drug-likeness (QED) is 0.787. The van der Waals surface area contributed by atoms with E-state index >= 15 is 0 Å². The third-order valence-corrected chi connectivity index (χ3v) is 5.01. The van der Waals surface area contributed by atoms with Crippen LogP contribution in [0, 0.1) is 0 Å². The predicted octanol–water partition coefficient (Wildman–Crippen LogP) is 3.59. The summed E-state index contributed by atoms with van der Waals surface area (Å²) in [7, 11) is 0. The first-order valence-electron chi connectivity index (χ1n) is 7.87. The first-order valence-corrected chi connectivity index (χ1v) is 8.66. The van der Waals surface area contributed by atoms with Crippen molar-refractivity contribution in [2.45, 2.75) is 57.5 Å². The summed E-state index contributed by atoms with van der Waals surface area (Å²) in [5, 5.41) is 6.48. The lowest BCUT2D eigenvalue weighted by atomic mass is 9.76. The fourth-order valence-electron chi connectivity index (χ4n) is 2.68. The Morgan fingerprint density at radius 1 is 1.38 bits per heavy atom. The maximum absolute atomic E-state index is 11.7. The highest BCUT2D eigenvalue weighted by Gasteiger charge is 2.30. The van der Waals surface area contributed by atoms with Crippen molar-refractivity contribution in [2.24, 2.45) is 0 Å². The molecule has 1 fully saturated rings. The standard InChI is InChI=1S/C17H25BrN2O/c1-3-12(2)20-17(21)8-9-19-14-10-13(11-14)15-6-4-5-7-16(15)18/h4-7,12-14,19H,3,8-11H2,1-2H3,(H,20,21). The minimum absolute atomic E-state index is 0.151. The van der Waals surface area contributed by atoms with Gasteiger partial charge in [-0.05, 0) is 43.7 Å². The number of carbonyl (C=O) groups is 1. The van der Waals surface area contributed by atoms with Crippen LogP contribution < -0.4 is 10.6 Å². The van der Waals surface area contributed by atoms with E-state index in [4.69, 9.17) is 0 Å². The van der Waals surface area contributed by atoms with Crippen molar-refractivity contribution in [1.29, 1.82) is 0 Å². The van der Waals surface area contributed by atoms with Crippen LogP contribution in [-0.4, -0.2) is 24.5 Å². The largest absolute Gasteiger partial charge is 0.354 e. The number of hydrogen-bond acceptors (Lipinski definition) is 2. The Morgan fingerprint density at radius 2 is 2.10 bits per heavy atom. The molecule has 0 spiro atoms. The van der Waals surface area contributed by atoms with E-state index in [1.54, 1.807) is 0 Å². The average Bonchev–Trinajstić information content (AvgIpc) is 2.42. The van der Waals surface area contributed by atoms with Gasteiger partial charge in [0.25, 0.3) is 0 Å². The average molecular weight is 353 g/mol. The van der Waals surface area contributed by atoms with Crippen LogP contribution in [0.4, 0.5) is 0 Å². The van der Waals surface area contributed by atoms with Crippen molar-refractivity contribution in [1.82, 2.24) is 10.6 Å². The van der Waals surface area contributed by atoms with Gasteiger partial charge in [-0.25, -0.2) is 0 Å². The molecule has 0 heterocycles. The fourth-order valence-corrected chi connectivity index (χ4v) is 3.29. The van der Waals surface area contributed by atoms with Crippen molar-refractivity contribution in [3.05, 3.63) is 34.3 Å². The third-order valence-electron chi connectivity index (χ3n) is 4.29. The van der Waals surface area contributed by atoms with Gasteiger partial charge in [-0.2, -0.15) is 0 Å². The van der Waals surface area contributed by atoms with Gasteiger partial charge in [0.1, 0.15) is 0 Å². The Bertz CT molecular complexity index is 472.